The van der Waals surface area contributed by atoms with Gasteiger partial charge in [-0.3, -0.25) is 4.55 Å². The third-order valence-electron chi connectivity index (χ3n) is 0.940. The number of aryl methyl sites for hydroxylation is 1. The van der Waals surface area contributed by atoms with Crippen LogP contribution in [0.3, 0.4) is 0 Å². The molecular weight excluding hydrogens is 214 g/mol. The van der Waals surface area contributed by atoms with E-state index in [0.717, 1.165) is 0 Å². The first-order valence-electron chi connectivity index (χ1n) is 3.08. The second-order valence-electron chi connectivity index (χ2n) is 2.07. The Balaban J connectivity index is 0. The van der Waals surface area contributed by atoms with Gasteiger partial charge < -0.3 is 6.15 Å². The first-order valence-corrected chi connectivity index (χ1v) is 5.35. The largest absolute Gasteiger partial charge is 0.353 e. The highest BCUT2D eigenvalue weighted by molar-refractivity contribution is 8.09. The number of halogens is 1. The number of hydrogen-bond acceptors (Lipinski definition) is 3. The zero-order chi connectivity index (χ0) is 9.61. The maximum absolute atomic E-state index is 8.95. The molecule has 0 unspecified atom stereocenters. The van der Waals surface area contributed by atoms with E-state index in [2.05, 4.69) is 29.7 Å². The minimum Gasteiger partial charge on any atom is -0.344 e. The van der Waals surface area contributed by atoms with E-state index in [1.807, 2.05) is 18.2 Å². The normalized spacial score (nSPS) is 9.15. The van der Waals surface area contributed by atoms with Crippen LogP contribution in [0.25, 0.3) is 0 Å². The molecule has 0 spiro atoms. The van der Waals surface area contributed by atoms with Gasteiger partial charge in [-0.05, 0) is 6.92 Å². The lowest BCUT2D eigenvalue weighted by molar-refractivity contribution is 0.501. The van der Waals surface area contributed by atoms with Crippen LogP contribution >= 0.6 is 10.7 Å². The molecule has 4 nitrogen and oxygen atoms in total. The quantitative estimate of drug-likeness (QED) is 0.523. The van der Waals surface area contributed by atoms with E-state index in [9.17, 15) is 0 Å². The monoisotopic (exact) mass is 225 g/mol. The van der Waals surface area contributed by atoms with E-state index in [1.165, 1.54) is 5.56 Å². The van der Waals surface area contributed by atoms with Gasteiger partial charge in [-0.1, -0.05) is 35.9 Å². The SMILES string of the molecule is Cc1ccccc1.N.O=S(=O)(O)Cl. The molecule has 0 aliphatic heterocycles. The highest BCUT2D eigenvalue weighted by Gasteiger charge is 1.86. The smallest absolute Gasteiger partial charge is 0.344 e. The maximum Gasteiger partial charge on any atom is 0.353 e. The molecule has 0 heterocycles. The van der Waals surface area contributed by atoms with E-state index < -0.39 is 9.33 Å². The van der Waals surface area contributed by atoms with Crippen LogP contribution in [-0.4, -0.2) is 13.0 Å². The Bertz CT molecular complexity index is 304. The molecule has 13 heavy (non-hydrogen) atoms. The summed E-state index contributed by atoms with van der Waals surface area (Å²) in [5.74, 6) is 0. The van der Waals surface area contributed by atoms with Gasteiger partial charge in [0.1, 0.15) is 0 Å². The van der Waals surface area contributed by atoms with E-state index in [0.29, 0.717) is 0 Å². The van der Waals surface area contributed by atoms with Crippen LogP contribution in [0.2, 0.25) is 0 Å². The van der Waals surface area contributed by atoms with Gasteiger partial charge in [-0.15, -0.1) is 0 Å². The zero-order valence-corrected chi connectivity index (χ0v) is 8.72. The van der Waals surface area contributed by atoms with Gasteiger partial charge in [0.15, 0.2) is 0 Å². The molecule has 0 amide bonds. The molecule has 0 radical (unpaired) electrons. The van der Waals surface area contributed by atoms with E-state index in [1.54, 1.807) is 0 Å². The third kappa shape index (κ3) is 18.4. The minimum atomic E-state index is -4.19. The molecule has 0 saturated heterocycles. The Hall–Kier alpha value is -0.620. The molecule has 0 aliphatic carbocycles. The van der Waals surface area contributed by atoms with Crippen LogP contribution in [0, 0.1) is 6.92 Å². The van der Waals surface area contributed by atoms with Crippen LogP contribution in [0.15, 0.2) is 30.3 Å². The van der Waals surface area contributed by atoms with Crippen molar-refractivity contribution in [3.05, 3.63) is 35.9 Å². The lowest BCUT2D eigenvalue weighted by Crippen LogP contribution is -1.77. The predicted octanol–water partition coefficient (Wildman–Crippen LogP) is 2.19. The molecule has 1 aromatic carbocycles. The summed E-state index contributed by atoms with van der Waals surface area (Å²) < 4.78 is 25.2. The summed E-state index contributed by atoms with van der Waals surface area (Å²) in [5, 5.41) is 0. The Morgan fingerprint density at radius 1 is 1.23 bits per heavy atom. The summed E-state index contributed by atoms with van der Waals surface area (Å²) in [7, 11) is -0.137. The van der Waals surface area contributed by atoms with Crippen LogP contribution in [-0.2, 0) is 9.33 Å². The van der Waals surface area contributed by atoms with Crippen molar-refractivity contribution in [1.82, 2.24) is 6.15 Å². The van der Waals surface area contributed by atoms with E-state index in [-0.39, 0.29) is 6.15 Å². The van der Waals surface area contributed by atoms with Gasteiger partial charge in [-0.2, -0.15) is 8.42 Å². The Morgan fingerprint density at radius 3 is 1.69 bits per heavy atom. The predicted molar refractivity (Wildman–Crippen MR) is 53.6 cm³/mol. The second kappa shape index (κ2) is 6.85. The molecule has 1 rings (SSSR count). The Labute approximate surface area is 82.4 Å². The summed E-state index contributed by atoms with van der Waals surface area (Å²) in [6.45, 7) is 2.08. The second-order valence-corrected chi connectivity index (χ2v) is 4.06. The molecule has 0 aliphatic rings. The van der Waals surface area contributed by atoms with Crippen LogP contribution in [0.5, 0.6) is 0 Å². The molecule has 0 saturated carbocycles. The molecule has 0 bridgehead atoms. The zero-order valence-electron chi connectivity index (χ0n) is 7.14. The van der Waals surface area contributed by atoms with E-state index >= 15 is 0 Å². The Kier molecular flexibility index (Phi) is 7.84. The van der Waals surface area contributed by atoms with Crippen molar-refractivity contribution in [2.75, 3.05) is 0 Å². The molecular formula is C7H12ClNO3S. The molecule has 0 fully saturated rings. The molecule has 4 N–H and O–H groups in total. The highest BCUT2D eigenvalue weighted by atomic mass is 35.7. The van der Waals surface area contributed by atoms with Crippen molar-refractivity contribution in [3.8, 4) is 0 Å². The summed E-state index contributed by atoms with van der Waals surface area (Å²) in [6, 6.07) is 10.3. The summed E-state index contributed by atoms with van der Waals surface area (Å²) in [6.07, 6.45) is 0. The van der Waals surface area contributed by atoms with Crippen molar-refractivity contribution in [2.45, 2.75) is 6.92 Å². The lowest BCUT2D eigenvalue weighted by Gasteiger charge is -1.82. The number of rotatable bonds is 0. The van der Waals surface area contributed by atoms with Crippen molar-refractivity contribution < 1.29 is 13.0 Å². The molecule has 76 valence electrons. The molecule has 0 atom stereocenters. The first kappa shape index (κ1) is 14.9. The third-order valence-corrected chi connectivity index (χ3v) is 0.940. The van der Waals surface area contributed by atoms with Gasteiger partial charge >= 0.3 is 9.33 Å². The maximum atomic E-state index is 8.95. The summed E-state index contributed by atoms with van der Waals surface area (Å²) >= 11 is 0. The highest BCUT2D eigenvalue weighted by Crippen LogP contribution is 1.92. The average Bonchev–Trinajstić information content (AvgIpc) is 1.85. The fraction of sp³-hybridized carbons (Fsp3) is 0.143. The van der Waals surface area contributed by atoms with Crippen molar-refractivity contribution in [2.24, 2.45) is 0 Å². The van der Waals surface area contributed by atoms with Crippen molar-refractivity contribution >= 4 is 20.0 Å². The summed E-state index contributed by atoms with van der Waals surface area (Å²) in [4.78, 5) is 0. The van der Waals surface area contributed by atoms with Gasteiger partial charge in [0.05, 0.1) is 0 Å². The number of benzene rings is 1. The summed E-state index contributed by atoms with van der Waals surface area (Å²) in [5.41, 5.74) is 1.32. The standard InChI is InChI=1S/C7H8.ClHO3S.H3N/c1-7-5-3-2-4-6-7;1-5(2,3)4;/h2-6H,1H3;(H,2,3,4);1H3. The topological polar surface area (TPSA) is 89.4 Å². The molecule has 0 aromatic heterocycles. The van der Waals surface area contributed by atoms with Crippen LogP contribution < -0.4 is 6.15 Å². The van der Waals surface area contributed by atoms with Crippen LogP contribution in [0.1, 0.15) is 5.56 Å². The van der Waals surface area contributed by atoms with Crippen molar-refractivity contribution in [1.29, 1.82) is 0 Å². The van der Waals surface area contributed by atoms with Gasteiger partial charge in [-0.25, -0.2) is 0 Å². The molecule has 6 heteroatoms. The van der Waals surface area contributed by atoms with Crippen molar-refractivity contribution in [3.63, 3.8) is 0 Å². The lowest BCUT2D eigenvalue weighted by atomic mass is 10.2. The van der Waals surface area contributed by atoms with Crippen LogP contribution in [0.4, 0.5) is 0 Å². The number of hydrogen-bond donors (Lipinski definition) is 2. The minimum absolute atomic E-state index is 0. The van der Waals surface area contributed by atoms with Gasteiger partial charge in [0.2, 0.25) is 0 Å². The van der Waals surface area contributed by atoms with Gasteiger partial charge in [0, 0.05) is 10.7 Å². The van der Waals surface area contributed by atoms with Gasteiger partial charge in [0.25, 0.3) is 0 Å². The fourth-order valence-corrected chi connectivity index (χ4v) is 0.534. The van der Waals surface area contributed by atoms with E-state index in [4.69, 9.17) is 13.0 Å². The average molecular weight is 226 g/mol. The Morgan fingerprint density at radius 2 is 1.54 bits per heavy atom. The molecule has 1 aromatic rings. The first-order chi connectivity index (χ1) is 5.39. The fourth-order valence-electron chi connectivity index (χ4n) is 0.534.